The van der Waals surface area contributed by atoms with Gasteiger partial charge in [-0.15, -0.1) is 0 Å². The van der Waals surface area contributed by atoms with Gasteiger partial charge >= 0.3 is 5.97 Å². The zero-order valence-electron chi connectivity index (χ0n) is 11.3. The Balaban J connectivity index is 1.99. The van der Waals surface area contributed by atoms with Crippen LogP contribution in [0.5, 0.6) is 5.75 Å². The van der Waals surface area contributed by atoms with Crippen LogP contribution >= 0.6 is 0 Å². The molecule has 0 spiro atoms. The van der Waals surface area contributed by atoms with Crippen molar-refractivity contribution in [3.8, 4) is 5.75 Å². The van der Waals surface area contributed by atoms with Gasteiger partial charge in [-0.05, 0) is 50.4 Å². The number of piperidine rings is 1. The minimum atomic E-state index is -0.742. The molecule has 0 bridgehead atoms. The molecule has 19 heavy (non-hydrogen) atoms. The third kappa shape index (κ3) is 3.70. The lowest BCUT2D eigenvalue weighted by Crippen LogP contribution is -2.36. The number of carbonyl (C=O) groups is 1. The van der Waals surface area contributed by atoms with Gasteiger partial charge in [0.05, 0.1) is 13.2 Å². The number of carboxylic acids is 1. The molecule has 1 fully saturated rings. The number of ether oxygens (including phenoxy) is 1. The minimum Gasteiger partial charge on any atom is -0.494 e. The fourth-order valence-electron chi connectivity index (χ4n) is 2.70. The molecule has 1 N–H and O–H groups in total. The molecule has 1 aromatic rings. The molecule has 0 atom stereocenters. The Morgan fingerprint density at radius 2 is 2.05 bits per heavy atom. The molecule has 0 saturated carbocycles. The van der Waals surface area contributed by atoms with E-state index in [2.05, 4.69) is 6.07 Å². The van der Waals surface area contributed by atoms with E-state index in [9.17, 15) is 4.79 Å². The van der Waals surface area contributed by atoms with Crippen LogP contribution in [0.4, 0.5) is 0 Å². The molecule has 1 saturated heterocycles. The average Bonchev–Trinajstić information content (AvgIpc) is 2.40. The molecule has 0 radical (unpaired) electrons. The Bertz CT molecular complexity index is 425. The van der Waals surface area contributed by atoms with Crippen molar-refractivity contribution < 1.29 is 14.6 Å². The van der Waals surface area contributed by atoms with Crippen molar-refractivity contribution in [1.29, 1.82) is 0 Å². The summed E-state index contributed by atoms with van der Waals surface area (Å²) in [5.41, 5.74) is 1.26. The van der Waals surface area contributed by atoms with Crippen LogP contribution in [-0.2, 0) is 4.79 Å². The molecule has 4 heteroatoms. The van der Waals surface area contributed by atoms with Gasteiger partial charge < -0.3 is 9.84 Å². The second-order valence-electron chi connectivity index (χ2n) is 4.91. The summed E-state index contributed by atoms with van der Waals surface area (Å²) in [6.45, 7) is 4.51. The van der Waals surface area contributed by atoms with Gasteiger partial charge in [0.25, 0.3) is 0 Å². The van der Waals surface area contributed by atoms with E-state index in [1.165, 1.54) is 5.56 Å². The monoisotopic (exact) mass is 263 g/mol. The van der Waals surface area contributed by atoms with Crippen LogP contribution in [0.3, 0.4) is 0 Å². The maximum atomic E-state index is 10.7. The van der Waals surface area contributed by atoms with Gasteiger partial charge in [-0.1, -0.05) is 18.2 Å². The van der Waals surface area contributed by atoms with Crippen molar-refractivity contribution in [2.75, 3.05) is 26.2 Å². The van der Waals surface area contributed by atoms with Crippen molar-refractivity contribution in [3.63, 3.8) is 0 Å². The van der Waals surface area contributed by atoms with Gasteiger partial charge in [0, 0.05) is 0 Å². The first-order chi connectivity index (χ1) is 9.20. The first kappa shape index (κ1) is 13.9. The lowest BCUT2D eigenvalue weighted by Gasteiger charge is -2.31. The number of rotatable bonds is 5. The summed E-state index contributed by atoms with van der Waals surface area (Å²) < 4.78 is 5.67. The fourth-order valence-corrected chi connectivity index (χ4v) is 2.70. The first-order valence-electron chi connectivity index (χ1n) is 6.86. The van der Waals surface area contributed by atoms with Gasteiger partial charge in [0.15, 0.2) is 0 Å². The topological polar surface area (TPSA) is 49.8 Å². The Morgan fingerprint density at radius 1 is 1.37 bits per heavy atom. The highest BCUT2D eigenvalue weighted by atomic mass is 16.5. The summed E-state index contributed by atoms with van der Waals surface area (Å²) in [5, 5.41) is 8.80. The molecular weight excluding hydrogens is 242 g/mol. The Kier molecular flexibility index (Phi) is 4.80. The van der Waals surface area contributed by atoms with E-state index in [-0.39, 0.29) is 6.54 Å². The molecule has 104 valence electrons. The zero-order chi connectivity index (χ0) is 13.7. The molecule has 0 aliphatic carbocycles. The van der Waals surface area contributed by atoms with Crippen molar-refractivity contribution in [2.45, 2.75) is 25.7 Å². The molecule has 0 aromatic heterocycles. The van der Waals surface area contributed by atoms with Crippen molar-refractivity contribution >= 4 is 5.97 Å². The quantitative estimate of drug-likeness (QED) is 0.886. The van der Waals surface area contributed by atoms with E-state index >= 15 is 0 Å². The van der Waals surface area contributed by atoms with Crippen molar-refractivity contribution in [3.05, 3.63) is 29.8 Å². The third-order valence-corrected chi connectivity index (χ3v) is 3.61. The molecule has 1 aliphatic rings. The van der Waals surface area contributed by atoms with E-state index in [4.69, 9.17) is 9.84 Å². The first-order valence-corrected chi connectivity index (χ1v) is 6.86. The number of nitrogens with zero attached hydrogens (tertiary/aromatic N) is 1. The SMILES string of the molecule is CCOc1ccccc1C1CCN(CC(=O)O)CC1. The van der Waals surface area contributed by atoms with Gasteiger partial charge in [-0.2, -0.15) is 0 Å². The molecule has 0 unspecified atom stereocenters. The number of para-hydroxylation sites is 1. The fraction of sp³-hybridized carbons (Fsp3) is 0.533. The number of likely N-dealkylation sites (tertiary alicyclic amines) is 1. The maximum Gasteiger partial charge on any atom is 0.317 e. The Labute approximate surface area is 114 Å². The van der Waals surface area contributed by atoms with Crippen LogP contribution in [0.25, 0.3) is 0 Å². The zero-order valence-corrected chi connectivity index (χ0v) is 11.3. The van der Waals surface area contributed by atoms with Gasteiger partial charge in [-0.3, -0.25) is 9.69 Å². The summed E-state index contributed by atoms with van der Waals surface area (Å²) >= 11 is 0. The number of aliphatic carboxylic acids is 1. The Hall–Kier alpha value is -1.55. The molecule has 1 aliphatic heterocycles. The summed E-state index contributed by atoms with van der Waals surface area (Å²) in [7, 11) is 0. The molecule has 0 amide bonds. The smallest absolute Gasteiger partial charge is 0.317 e. The largest absolute Gasteiger partial charge is 0.494 e. The number of carboxylic acid groups (broad SMARTS) is 1. The normalized spacial score (nSPS) is 17.3. The highest BCUT2D eigenvalue weighted by Gasteiger charge is 2.23. The van der Waals surface area contributed by atoms with Crippen LogP contribution in [0, 0.1) is 0 Å². The number of benzene rings is 1. The van der Waals surface area contributed by atoms with Gasteiger partial charge in [0.1, 0.15) is 5.75 Å². The van der Waals surface area contributed by atoms with E-state index in [1.807, 2.05) is 30.0 Å². The predicted octanol–water partition coefficient (Wildman–Crippen LogP) is 2.35. The van der Waals surface area contributed by atoms with E-state index in [0.717, 1.165) is 31.7 Å². The lowest BCUT2D eigenvalue weighted by atomic mass is 9.89. The molecule has 4 nitrogen and oxygen atoms in total. The lowest BCUT2D eigenvalue weighted by molar-refractivity contribution is -0.138. The minimum absolute atomic E-state index is 0.153. The van der Waals surface area contributed by atoms with Crippen LogP contribution in [-0.4, -0.2) is 42.2 Å². The van der Waals surface area contributed by atoms with Crippen LogP contribution in [0.1, 0.15) is 31.2 Å². The van der Waals surface area contributed by atoms with Crippen LogP contribution < -0.4 is 4.74 Å². The third-order valence-electron chi connectivity index (χ3n) is 3.61. The van der Waals surface area contributed by atoms with Crippen molar-refractivity contribution in [2.24, 2.45) is 0 Å². The summed E-state index contributed by atoms with van der Waals surface area (Å²) in [5.74, 6) is 0.711. The van der Waals surface area contributed by atoms with Crippen LogP contribution in [0.15, 0.2) is 24.3 Å². The van der Waals surface area contributed by atoms with Crippen LogP contribution in [0.2, 0.25) is 0 Å². The second-order valence-corrected chi connectivity index (χ2v) is 4.91. The molecular formula is C15H21NO3. The average molecular weight is 263 g/mol. The Morgan fingerprint density at radius 3 is 2.68 bits per heavy atom. The summed E-state index contributed by atoms with van der Waals surface area (Å²) in [6.07, 6.45) is 1.99. The number of hydrogen-bond donors (Lipinski definition) is 1. The second kappa shape index (κ2) is 6.57. The molecule has 2 rings (SSSR count). The number of hydrogen-bond acceptors (Lipinski definition) is 3. The van der Waals surface area contributed by atoms with E-state index < -0.39 is 5.97 Å². The highest BCUT2D eigenvalue weighted by molar-refractivity contribution is 5.69. The summed E-state index contributed by atoms with van der Waals surface area (Å²) in [6, 6.07) is 8.18. The summed E-state index contributed by atoms with van der Waals surface area (Å²) in [4.78, 5) is 12.7. The van der Waals surface area contributed by atoms with Gasteiger partial charge in [0.2, 0.25) is 0 Å². The molecule has 1 heterocycles. The van der Waals surface area contributed by atoms with Gasteiger partial charge in [-0.25, -0.2) is 0 Å². The molecule has 1 aromatic carbocycles. The van der Waals surface area contributed by atoms with E-state index in [0.29, 0.717) is 12.5 Å². The van der Waals surface area contributed by atoms with Crippen molar-refractivity contribution in [1.82, 2.24) is 4.90 Å². The standard InChI is InChI=1S/C15H21NO3/c1-2-19-14-6-4-3-5-13(14)12-7-9-16(10-8-12)11-15(17)18/h3-6,12H,2,7-11H2,1H3,(H,17,18). The predicted molar refractivity (Wildman–Crippen MR) is 73.7 cm³/mol. The highest BCUT2D eigenvalue weighted by Crippen LogP contribution is 2.34. The van der Waals surface area contributed by atoms with E-state index in [1.54, 1.807) is 0 Å². The maximum absolute atomic E-state index is 10.7.